The van der Waals surface area contributed by atoms with E-state index < -0.39 is 7.12 Å². The average molecular weight is 567 g/mol. The lowest BCUT2D eigenvalue weighted by Crippen LogP contribution is -2.32. The minimum Gasteiger partial charge on any atom is -0.423 e. The summed E-state index contributed by atoms with van der Waals surface area (Å²) in [5, 5.41) is 22.7. The number of hydrogen-bond acceptors (Lipinski definition) is 2. The molecular weight excluding hydrogens is 537 g/mol. The molecule has 0 spiro atoms. The van der Waals surface area contributed by atoms with Crippen molar-refractivity contribution < 1.29 is 10.0 Å². The summed E-state index contributed by atoms with van der Waals surface area (Å²) in [5.41, 5.74) is 16.3. The maximum atomic E-state index is 10.1. The van der Waals surface area contributed by atoms with E-state index in [0.717, 1.165) is 16.8 Å². The quantitative estimate of drug-likeness (QED) is 0.213. The number of fused-ring (bicyclic) bond motifs is 10. The molecule has 44 heavy (non-hydrogen) atoms. The molecule has 2 aliphatic rings. The van der Waals surface area contributed by atoms with Gasteiger partial charge in [-0.05, 0) is 91.8 Å². The van der Waals surface area contributed by atoms with Crippen LogP contribution in [0.15, 0.2) is 121 Å². The summed E-state index contributed by atoms with van der Waals surface area (Å²) in [6, 6.07) is 43.4. The van der Waals surface area contributed by atoms with Crippen molar-refractivity contribution in [3.8, 4) is 39.1 Å². The highest BCUT2D eigenvalue weighted by Gasteiger charge is 2.38. The van der Waals surface area contributed by atoms with Crippen LogP contribution in [0.2, 0.25) is 0 Å². The molecule has 1 heterocycles. The van der Waals surface area contributed by atoms with Gasteiger partial charge in [0, 0.05) is 21.9 Å². The van der Waals surface area contributed by atoms with Gasteiger partial charge >= 0.3 is 7.12 Å². The first-order chi connectivity index (χ1) is 21.4. The van der Waals surface area contributed by atoms with Gasteiger partial charge in [-0.1, -0.05) is 111 Å². The van der Waals surface area contributed by atoms with Gasteiger partial charge in [-0.15, -0.1) is 0 Å². The largest absolute Gasteiger partial charge is 0.488 e. The van der Waals surface area contributed by atoms with Crippen molar-refractivity contribution in [1.82, 2.24) is 4.57 Å². The van der Waals surface area contributed by atoms with E-state index in [-0.39, 0.29) is 5.41 Å². The standard InChI is InChI=1S/C40H30BNO2/c1-40(2)35-16-7-6-12-29(35)30-19-20-31-34-22-24(18-21-37(34)42(39(31)38(30)40)25-10-4-3-5-11-25)26-13-8-14-27-28-15-9-17-36(41(43)44)33(28)23-32(26)27/h3-22,43-44H,23H2,1-2H3. The van der Waals surface area contributed by atoms with Crippen LogP contribution in [0.3, 0.4) is 0 Å². The van der Waals surface area contributed by atoms with Crippen LogP contribution in [-0.2, 0) is 11.8 Å². The topological polar surface area (TPSA) is 45.4 Å². The normalized spacial score (nSPS) is 14.0. The molecule has 0 bridgehead atoms. The van der Waals surface area contributed by atoms with Gasteiger partial charge in [0.15, 0.2) is 0 Å². The molecule has 210 valence electrons. The average Bonchev–Trinajstić information content (AvgIpc) is 3.67. The number of para-hydroxylation sites is 1. The first-order valence-corrected chi connectivity index (χ1v) is 15.3. The smallest absolute Gasteiger partial charge is 0.423 e. The molecule has 0 atom stereocenters. The molecule has 0 aliphatic heterocycles. The third-order valence-electron chi connectivity index (χ3n) is 10.1. The molecule has 0 fully saturated rings. The molecule has 6 aromatic carbocycles. The fraction of sp³-hybridized carbons (Fsp3) is 0.100. The summed E-state index contributed by atoms with van der Waals surface area (Å²) < 4.78 is 2.46. The Hall–Kier alpha value is -4.90. The highest BCUT2D eigenvalue weighted by atomic mass is 16.4. The monoisotopic (exact) mass is 567 g/mol. The van der Waals surface area contributed by atoms with Gasteiger partial charge in [-0.2, -0.15) is 0 Å². The zero-order valence-corrected chi connectivity index (χ0v) is 24.7. The van der Waals surface area contributed by atoms with Crippen LogP contribution in [0.1, 0.15) is 36.1 Å². The van der Waals surface area contributed by atoms with Crippen molar-refractivity contribution in [3.63, 3.8) is 0 Å². The molecule has 0 radical (unpaired) electrons. The molecule has 1 aromatic heterocycles. The Labute approximate surface area is 256 Å². The minimum absolute atomic E-state index is 0.143. The van der Waals surface area contributed by atoms with E-state index in [4.69, 9.17) is 0 Å². The lowest BCUT2D eigenvalue weighted by molar-refractivity contribution is 0.425. The van der Waals surface area contributed by atoms with Gasteiger partial charge in [-0.25, -0.2) is 0 Å². The van der Waals surface area contributed by atoms with Crippen LogP contribution in [0.25, 0.3) is 60.9 Å². The van der Waals surface area contributed by atoms with Crippen molar-refractivity contribution in [2.75, 3.05) is 0 Å². The van der Waals surface area contributed by atoms with Gasteiger partial charge < -0.3 is 14.6 Å². The van der Waals surface area contributed by atoms with Crippen LogP contribution in [0.4, 0.5) is 0 Å². The fourth-order valence-electron chi connectivity index (χ4n) is 8.15. The van der Waals surface area contributed by atoms with Gasteiger partial charge in [0.05, 0.1) is 11.0 Å². The Morgan fingerprint density at radius 1 is 0.614 bits per heavy atom. The third-order valence-corrected chi connectivity index (χ3v) is 10.1. The van der Waals surface area contributed by atoms with E-state index in [1.807, 2.05) is 12.1 Å². The lowest BCUT2D eigenvalue weighted by atomic mass is 9.75. The summed E-state index contributed by atoms with van der Waals surface area (Å²) in [5.74, 6) is 0. The second kappa shape index (κ2) is 9.06. The van der Waals surface area contributed by atoms with Crippen LogP contribution in [-0.4, -0.2) is 21.7 Å². The SMILES string of the molecule is CC1(C)c2ccccc2-c2ccc3c4cc(-c5cccc6c5Cc5c(B(O)O)cccc5-6)ccc4n(-c4ccccc4)c3c21. The molecule has 2 aliphatic carbocycles. The lowest BCUT2D eigenvalue weighted by Gasteiger charge is -2.23. The first-order valence-electron chi connectivity index (χ1n) is 15.3. The molecule has 0 saturated carbocycles. The summed E-state index contributed by atoms with van der Waals surface area (Å²) in [4.78, 5) is 0. The van der Waals surface area contributed by atoms with Crippen LogP contribution >= 0.6 is 0 Å². The minimum atomic E-state index is -1.49. The summed E-state index contributed by atoms with van der Waals surface area (Å²) in [6.07, 6.45) is 0.679. The predicted octanol–water partition coefficient (Wildman–Crippen LogP) is 8.01. The second-order valence-electron chi connectivity index (χ2n) is 12.7. The zero-order chi connectivity index (χ0) is 29.7. The van der Waals surface area contributed by atoms with Crippen LogP contribution < -0.4 is 5.46 Å². The van der Waals surface area contributed by atoms with Crippen molar-refractivity contribution in [3.05, 3.63) is 144 Å². The van der Waals surface area contributed by atoms with E-state index in [1.165, 1.54) is 66.3 Å². The van der Waals surface area contributed by atoms with Gasteiger partial charge in [-0.3, -0.25) is 0 Å². The second-order valence-corrected chi connectivity index (χ2v) is 12.7. The fourth-order valence-corrected chi connectivity index (χ4v) is 8.15. The molecule has 0 amide bonds. The summed E-state index contributed by atoms with van der Waals surface area (Å²) in [6.45, 7) is 4.72. The highest BCUT2D eigenvalue weighted by molar-refractivity contribution is 6.59. The molecule has 0 unspecified atom stereocenters. The highest BCUT2D eigenvalue weighted by Crippen LogP contribution is 2.53. The van der Waals surface area contributed by atoms with Crippen molar-refractivity contribution in [2.24, 2.45) is 0 Å². The van der Waals surface area contributed by atoms with E-state index >= 15 is 0 Å². The molecule has 9 rings (SSSR count). The Morgan fingerprint density at radius 2 is 1.32 bits per heavy atom. The maximum Gasteiger partial charge on any atom is 0.488 e. The molecule has 2 N–H and O–H groups in total. The third kappa shape index (κ3) is 3.35. The first kappa shape index (κ1) is 25.6. The molecular formula is C40H30BNO2. The summed E-state index contributed by atoms with van der Waals surface area (Å²) in [7, 11) is -1.49. The Balaban J connectivity index is 1.31. The van der Waals surface area contributed by atoms with Crippen LogP contribution in [0, 0.1) is 0 Å². The number of nitrogens with zero attached hydrogens (tertiary/aromatic N) is 1. The predicted molar refractivity (Wildman–Crippen MR) is 182 cm³/mol. The van der Waals surface area contributed by atoms with E-state index in [2.05, 4.69) is 128 Å². The maximum absolute atomic E-state index is 10.1. The summed E-state index contributed by atoms with van der Waals surface area (Å²) >= 11 is 0. The zero-order valence-electron chi connectivity index (χ0n) is 24.7. The van der Waals surface area contributed by atoms with E-state index in [1.54, 1.807) is 0 Å². The van der Waals surface area contributed by atoms with Gasteiger partial charge in [0.2, 0.25) is 0 Å². The molecule has 4 heteroatoms. The number of aromatic nitrogens is 1. The van der Waals surface area contributed by atoms with E-state index in [9.17, 15) is 10.0 Å². The van der Waals surface area contributed by atoms with Crippen LogP contribution in [0.5, 0.6) is 0 Å². The molecule has 0 saturated heterocycles. The number of hydrogen-bond donors (Lipinski definition) is 2. The molecule has 3 nitrogen and oxygen atoms in total. The van der Waals surface area contributed by atoms with Crippen molar-refractivity contribution >= 4 is 34.4 Å². The van der Waals surface area contributed by atoms with Gasteiger partial charge in [0.1, 0.15) is 0 Å². The number of rotatable bonds is 3. The number of benzene rings is 6. The Bertz CT molecular complexity index is 2310. The molecule has 7 aromatic rings. The van der Waals surface area contributed by atoms with Gasteiger partial charge in [0.25, 0.3) is 0 Å². The Morgan fingerprint density at radius 3 is 2.14 bits per heavy atom. The van der Waals surface area contributed by atoms with E-state index in [0.29, 0.717) is 11.9 Å². The van der Waals surface area contributed by atoms with Crippen molar-refractivity contribution in [2.45, 2.75) is 25.7 Å². The van der Waals surface area contributed by atoms with Crippen molar-refractivity contribution in [1.29, 1.82) is 0 Å². The Kier molecular flexibility index (Phi) is 5.27.